The Balaban J connectivity index is 1.19. The predicted molar refractivity (Wildman–Crippen MR) is 225 cm³/mol. The summed E-state index contributed by atoms with van der Waals surface area (Å²) in [4.78, 5) is 15.0. The Morgan fingerprint density at radius 3 is 1.40 bits per heavy atom. The second-order valence-electron chi connectivity index (χ2n) is 12.9. The van der Waals surface area contributed by atoms with E-state index in [2.05, 4.69) is 0 Å². The highest BCUT2D eigenvalue weighted by molar-refractivity contribution is 6.16. The van der Waals surface area contributed by atoms with Crippen LogP contribution < -0.4 is 0 Å². The molecule has 0 unspecified atom stereocenters. The van der Waals surface area contributed by atoms with Gasteiger partial charge in [-0.15, -0.1) is 0 Å². The summed E-state index contributed by atoms with van der Waals surface area (Å²) in [5.74, 6) is 1.43. The summed E-state index contributed by atoms with van der Waals surface area (Å²) in [5, 5.41) is 1.50. The van der Waals surface area contributed by atoms with Crippen LogP contribution in [0.25, 0.3) is 101 Å². The van der Waals surface area contributed by atoms with Crippen molar-refractivity contribution < 1.29 is 18.1 Å². The van der Waals surface area contributed by atoms with Gasteiger partial charge in [0.05, 0.1) is 13.7 Å². The Morgan fingerprint density at radius 2 is 0.855 bits per heavy atom. The molecule has 8 aromatic carbocycles. The molecule has 0 N–H and O–H groups in total. The molecule has 0 aliphatic carbocycles. The first kappa shape index (κ1) is 23.3. The predicted octanol–water partition coefficient (Wildman–Crippen LogP) is 13.4. The molecule has 4 heteroatoms. The SMILES string of the molecule is [2H]c1c([2H])c([2H])c(-c2ccc(-c3cc(-c4ccc(-c5c([2H])c([2H])c([2H])c([2H])c5[2H])cc4)c4oc5cccc(-c6nc(-c7ccccc7)nc(-c7ccccc7)n6)c5c4c3)cc2)c([2H])c1[2H]. The molecule has 55 heavy (non-hydrogen) atoms. The molecule has 0 fully saturated rings. The standard InChI is InChI=1S/C51H33N3O/c1-5-14-34(15-6-1)36-24-26-38(27-25-36)42-32-44(39-30-28-37(29-31-39)35-16-7-2-8-17-35)48-45(33-42)47-43(22-13-23-46(47)55-48)51-53-49(40-18-9-3-10-19-40)52-50(54-51)41-20-11-4-12-21-41/h1-33H/i1D,2D,5D,6D,7D,8D,14D,15D,16D,17D. The molecule has 2 aromatic heterocycles. The molecular weight excluding hydrogens is 671 g/mol. The van der Waals surface area contributed by atoms with Gasteiger partial charge < -0.3 is 4.42 Å². The Kier molecular flexibility index (Phi) is 5.86. The lowest BCUT2D eigenvalue weighted by atomic mass is 9.93. The Hall–Kier alpha value is -7.43. The van der Waals surface area contributed by atoms with E-state index in [0.29, 0.717) is 50.9 Å². The summed E-state index contributed by atoms with van der Waals surface area (Å²) in [7, 11) is 0. The Morgan fingerprint density at radius 1 is 0.364 bits per heavy atom. The zero-order chi connectivity index (χ0) is 45.3. The highest BCUT2D eigenvalue weighted by Crippen LogP contribution is 2.43. The van der Waals surface area contributed by atoms with Crippen molar-refractivity contribution in [1.29, 1.82) is 0 Å². The molecule has 0 spiro atoms. The number of hydrogen-bond acceptors (Lipinski definition) is 4. The van der Waals surface area contributed by atoms with Gasteiger partial charge in [-0.05, 0) is 57.1 Å². The Bertz CT molecular complexity index is 3410. The summed E-state index contributed by atoms with van der Waals surface area (Å²) >= 11 is 0. The zero-order valence-corrected chi connectivity index (χ0v) is 29.0. The van der Waals surface area contributed by atoms with E-state index < -0.39 is 36.3 Å². The summed E-state index contributed by atoms with van der Waals surface area (Å²) in [5.41, 5.74) is 7.56. The van der Waals surface area contributed by atoms with E-state index in [0.717, 1.165) is 38.6 Å². The molecule has 0 aliphatic rings. The minimum absolute atomic E-state index is 0.0936. The quantitative estimate of drug-likeness (QED) is 0.165. The van der Waals surface area contributed by atoms with Crippen LogP contribution in [0.15, 0.2) is 204 Å². The molecule has 0 saturated carbocycles. The van der Waals surface area contributed by atoms with Crippen molar-refractivity contribution in [1.82, 2.24) is 15.0 Å². The average Bonchev–Trinajstić information content (AvgIpc) is 3.73. The minimum atomic E-state index is -0.463. The monoisotopic (exact) mass is 713 g/mol. The molecule has 0 atom stereocenters. The van der Waals surface area contributed by atoms with Crippen LogP contribution >= 0.6 is 0 Å². The topological polar surface area (TPSA) is 51.8 Å². The molecule has 10 aromatic rings. The number of fused-ring (bicyclic) bond motifs is 3. The van der Waals surface area contributed by atoms with Crippen molar-refractivity contribution in [2.45, 2.75) is 0 Å². The number of nitrogens with zero attached hydrogens (tertiary/aromatic N) is 3. The van der Waals surface area contributed by atoms with Crippen molar-refractivity contribution in [3.05, 3.63) is 200 Å². The van der Waals surface area contributed by atoms with E-state index in [4.69, 9.17) is 33.1 Å². The molecular formula is C51H33N3O. The second-order valence-corrected chi connectivity index (χ2v) is 12.9. The molecule has 0 aliphatic heterocycles. The highest BCUT2D eigenvalue weighted by atomic mass is 16.3. The van der Waals surface area contributed by atoms with E-state index in [1.807, 2.05) is 115 Å². The van der Waals surface area contributed by atoms with E-state index in [9.17, 15) is 0 Å². The average molecular weight is 714 g/mol. The third kappa shape index (κ3) is 6.16. The normalized spacial score (nSPS) is 13.8. The van der Waals surface area contributed by atoms with E-state index in [-0.39, 0.29) is 35.3 Å². The molecule has 0 radical (unpaired) electrons. The maximum atomic E-state index is 8.57. The molecule has 258 valence electrons. The fourth-order valence-electron chi connectivity index (χ4n) is 6.86. The lowest BCUT2D eigenvalue weighted by Crippen LogP contribution is -2.00. The first-order valence-electron chi connectivity index (χ1n) is 22.6. The number of hydrogen-bond donors (Lipinski definition) is 0. The summed E-state index contributed by atoms with van der Waals surface area (Å²) < 4.78 is 90.1. The van der Waals surface area contributed by atoms with Gasteiger partial charge in [-0.3, -0.25) is 0 Å². The number of benzene rings is 8. The van der Waals surface area contributed by atoms with Crippen LogP contribution in [-0.2, 0) is 0 Å². The number of aromatic nitrogens is 3. The first-order valence-corrected chi connectivity index (χ1v) is 17.6. The Labute approximate surface area is 333 Å². The van der Waals surface area contributed by atoms with Crippen LogP contribution in [0, 0.1) is 0 Å². The molecule has 4 nitrogen and oxygen atoms in total. The maximum absolute atomic E-state index is 8.57. The summed E-state index contributed by atoms with van der Waals surface area (Å²) in [6.45, 7) is 0. The van der Waals surface area contributed by atoms with Crippen molar-refractivity contribution in [2.75, 3.05) is 0 Å². The minimum Gasteiger partial charge on any atom is -0.455 e. The maximum Gasteiger partial charge on any atom is 0.164 e. The van der Waals surface area contributed by atoms with Crippen molar-refractivity contribution in [2.24, 2.45) is 0 Å². The van der Waals surface area contributed by atoms with Gasteiger partial charge >= 0.3 is 0 Å². The first-order chi connectivity index (χ1) is 31.4. The van der Waals surface area contributed by atoms with E-state index in [1.54, 1.807) is 24.3 Å². The van der Waals surface area contributed by atoms with Crippen LogP contribution in [0.3, 0.4) is 0 Å². The zero-order valence-electron chi connectivity index (χ0n) is 39.0. The van der Waals surface area contributed by atoms with Crippen LogP contribution in [0.2, 0.25) is 0 Å². The van der Waals surface area contributed by atoms with E-state index >= 15 is 0 Å². The molecule has 10 rings (SSSR count). The lowest BCUT2D eigenvalue weighted by molar-refractivity contribution is 0.670. The van der Waals surface area contributed by atoms with Gasteiger partial charge in [-0.1, -0.05) is 182 Å². The fraction of sp³-hybridized carbons (Fsp3) is 0. The van der Waals surface area contributed by atoms with Crippen molar-refractivity contribution in [3.63, 3.8) is 0 Å². The van der Waals surface area contributed by atoms with Crippen LogP contribution in [0.4, 0.5) is 0 Å². The molecule has 0 amide bonds. The van der Waals surface area contributed by atoms with Crippen molar-refractivity contribution >= 4 is 21.9 Å². The van der Waals surface area contributed by atoms with Gasteiger partial charge in [0.25, 0.3) is 0 Å². The fourth-order valence-corrected chi connectivity index (χ4v) is 6.86. The largest absolute Gasteiger partial charge is 0.455 e. The smallest absolute Gasteiger partial charge is 0.164 e. The molecule has 0 bridgehead atoms. The second kappa shape index (κ2) is 13.8. The number of furan rings is 1. The highest BCUT2D eigenvalue weighted by Gasteiger charge is 2.21. The van der Waals surface area contributed by atoms with Gasteiger partial charge in [0.2, 0.25) is 0 Å². The van der Waals surface area contributed by atoms with Crippen LogP contribution in [-0.4, -0.2) is 15.0 Å². The number of rotatable bonds is 7. The van der Waals surface area contributed by atoms with Gasteiger partial charge in [0.15, 0.2) is 17.5 Å². The molecule has 2 heterocycles. The van der Waals surface area contributed by atoms with Crippen LogP contribution in [0.1, 0.15) is 13.7 Å². The summed E-state index contributed by atoms with van der Waals surface area (Å²) in [6.07, 6.45) is 0. The third-order valence-electron chi connectivity index (χ3n) is 9.53. The van der Waals surface area contributed by atoms with E-state index in [1.165, 1.54) is 0 Å². The van der Waals surface area contributed by atoms with Gasteiger partial charge in [-0.25, -0.2) is 15.0 Å². The van der Waals surface area contributed by atoms with Gasteiger partial charge in [0, 0.05) is 33.0 Å². The van der Waals surface area contributed by atoms with Gasteiger partial charge in [0.1, 0.15) is 11.2 Å². The third-order valence-corrected chi connectivity index (χ3v) is 9.53. The van der Waals surface area contributed by atoms with Crippen LogP contribution in [0.5, 0.6) is 0 Å². The summed E-state index contributed by atoms with van der Waals surface area (Å²) in [6, 6.07) is 39.6. The lowest BCUT2D eigenvalue weighted by Gasteiger charge is -2.11. The van der Waals surface area contributed by atoms with Crippen molar-refractivity contribution in [3.8, 4) is 78.7 Å². The molecule has 0 saturated heterocycles. The van der Waals surface area contributed by atoms with Gasteiger partial charge in [-0.2, -0.15) is 0 Å².